The summed E-state index contributed by atoms with van der Waals surface area (Å²) in [4.78, 5) is 27.2. The van der Waals surface area contributed by atoms with Gasteiger partial charge in [-0.3, -0.25) is 9.59 Å². The number of allylic oxidation sites excluding steroid dienone is 1. The van der Waals surface area contributed by atoms with Gasteiger partial charge in [0.05, 0.1) is 12.7 Å². The van der Waals surface area contributed by atoms with Gasteiger partial charge in [0.15, 0.2) is 0 Å². The molecule has 2 unspecified atom stereocenters. The zero-order valence-electron chi connectivity index (χ0n) is 14.2. The molecule has 0 aromatic heterocycles. The Labute approximate surface area is 138 Å². The predicted octanol–water partition coefficient (Wildman–Crippen LogP) is 2.36. The molecule has 1 aromatic rings. The number of fused-ring (bicyclic) bond motifs is 1. The first-order valence-electron chi connectivity index (χ1n) is 8.86. The molecule has 2 atom stereocenters. The summed E-state index contributed by atoms with van der Waals surface area (Å²) >= 11 is 0. The summed E-state index contributed by atoms with van der Waals surface area (Å²) in [5, 5.41) is 2.82. The minimum atomic E-state index is -0.471. The first-order chi connectivity index (χ1) is 11.5. The second-order valence-electron chi connectivity index (χ2n) is 7.09. The number of amides is 2. The van der Waals surface area contributed by atoms with Gasteiger partial charge in [-0.25, -0.2) is 0 Å². The number of carbonyl (C=O) groups is 2. The highest BCUT2D eigenvalue weighted by molar-refractivity contribution is 5.90. The van der Waals surface area contributed by atoms with Crippen molar-refractivity contribution in [2.45, 2.75) is 38.0 Å². The quantitative estimate of drug-likeness (QED) is 0.865. The number of hydrogen-bond donors (Lipinski definition) is 1. The summed E-state index contributed by atoms with van der Waals surface area (Å²) in [6, 6.07) is 6.08. The second-order valence-corrected chi connectivity index (χ2v) is 7.09. The fourth-order valence-corrected chi connectivity index (χ4v) is 4.37. The molecule has 0 radical (unpaired) electrons. The van der Waals surface area contributed by atoms with Crippen LogP contribution in [0.4, 0.5) is 0 Å². The zero-order valence-corrected chi connectivity index (χ0v) is 13.2. The highest BCUT2D eigenvalue weighted by Crippen LogP contribution is 2.42. The van der Waals surface area contributed by atoms with Crippen LogP contribution in [0, 0.1) is 5.41 Å². The van der Waals surface area contributed by atoms with Crippen molar-refractivity contribution in [1.29, 1.82) is 0 Å². The number of aryl methyl sites for hydroxylation is 1. The maximum absolute atomic E-state index is 13.1. The van der Waals surface area contributed by atoms with Crippen molar-refractivity contribution >= 4 is 11.8 Å². The Hall–Kier alpha value is -2.10. The lowest BCUT2D eigenvalue weighted by Gasteiger charge is -2.29. The molecule has 1 N–H and O–H groups in total. The van der Waals surface area contributed by atoms with Crippen molar-refractivity contribution in [3.63, 3.8) is 0 Å². The molecule has 2 heterocycles. The lowest BCUT2D eigenvalue weighted by molar-refractivity contribution is -0.133. The average Bonchev–Trinajstić information content (AvgIpc) is 3.10. The average molecular weight is 312 g/mol. The first-order valence-corrected chi connectivity index (χ1v) is 8.36. The van der Waals surface area contributed by atoms with Crippen LogP contribution in [-0.2, 0) is 16.0 Å². The molecule has 1 aliphatic carbocycles. The maximum atomic E-state index is 13.1. The topological polar surface area (TPSA) is 49.4 Å². The third kappa shape index (κ3) is 2.28. The molecular weight excluding hydrogens is 288 g/mol. The largest absolute Gasteiger partial charge is 0.341 e. The Balaban J connectivity index is 1.57. The van der Waals surface area contributed by atoms with Crippen molar-refractivity contribution in [3.05, 3.63) is 47.6 Å². The molecule has 2 fully saturated rings. The molecule has 2 amide bonds. The van der Waals surface area contributed by atoms with Gasteiger partial charge in [0.25, 0.3) is 0 Å². The monoisotopic (exact) mass is 312 g/mol. The van der Waals surface area contributed by atoms with Crippen LogP contribution in [0.5, 0.6) is 0 Å². The zero-order chi connectivity index (χ0) is 16.9. The molecule has 2 aliphatic heterocycles. The summed E-state index contributed by atoms with van der Waals surface area (Å²) in [7, 11) is 0. The Kier molecular flexibility index (Phi) is 3.03. The van der Waals surface area contributed by atoms with E-state index in [9.17, 15) is 9.59 Å². The Morgan fingerprint density at radius 1 is 1.48 bits per heavy atom. The summed E-state index contributed by atoms with van der Waals surface area (Å²) in [5.41, 5.74) is 2.49. The van der Waals surface area contributed by atoms with Gasteiger partial charge in [-0.15, -0.1) is 0 Å². The number of nitrogens with zero attached hydrogens (tertiary/aromatic N) is 1. The number of benzene rings is 1. The van der Waals surface area contributed by atoms with Crippen LogP contribution in [0.2, 0.25) is 0 Å². The summed E-state index contributed by atoms with van der Waals surface area (Å²) in [6.45, 7) is 4.99. The third-order valence-corrected chi connectivity index (χ3v) is 5.59. The van der Waals surface area contributed by atoms with Crippen LogP contribution in [0.15, 0.2) is 36.5 Å². The molecule has 0 saturated carbocycles. The molecule has 4 heteroatoms. The fraction of sp³-hybridized carbons (Fsp3) is 0.474. The molecule has 4 nitrogen and oxygen atoms in total. The van der Waals surface area contributed by atoms with E-state index in [1.165, 1.54) is 5.56 Å². The summed E-state index contributed by atoms with van der Waals surface area (Å²) in [6.07, 6.45) is 4.15. The lowest BCUT2D eigenvalue weighted by Crippen LogP contribution is -2.39. The highest BCUT2D eigenvalue weighted by atomic mass is 16.2. The molecule has 1 aromatic carbocycles. The predicted molar refractivity (Wildman–Crippen MR) is 87.7 cm³/mol. The second kappa shape index (κ2) is 5.22. The normalized spacial score (nSPS) is 30.3. The van der Waals surface area contributed by atoms with E-state index < -0.39 is 5.41 Å². The van der Waals surface area contributed by atoms with Crippen molar-refractivity contribution in [1.82, 2.24) is 10.2 Å². The van der Waals surface area contributed by atoms with E-state index in [1.807, 2.05) is 17.0 Å². The van der Waals surface area contributed by atoms with Crippen LogP contribution < -0.4 is 5.32 Å². The van der Waals surface area contributed by atoms with E-state index >= 15 is 0 Å². The molecule has 23 heavy (non-hydrogen) atoms. The SMILES string of the molecule is [3H]c1ccc2c(c1)C(C(=O)N1CCC3(CC(=C)NC3=O)C1)CCC2. The molecule has 4 rings (SSSR count). The number of rotatable bonds is 1. The minimum Gasteiger partial charge on any atom is -0.341 e. The smallest absolute Gasteiger partial charge is 0.232 e. The number of likely N-dealkylation sites (tertiary alicyclic amines) is 1. The lowest BCUT2D eigenvalue weighted by atomic mass is 9.82. The van der Waals surface area contributed by atoms with Crippen LogP contribution in [0.1, 0.15) is 44.1 Å². The van der Waals surface area contributed by atoms with Gasteiger partial charge in [-0.2, -0.15) is 0 Å². The van der Waals surface area contributed by atoms with E-state index in [1.54, 1.807) is 6.07 Å². The molecule has 2 saturated heterocycles. The van der Waals surface area contributed by atoms with E-state index in [0.29, 0.717) is 32.0 Å². The van der Waals surface area contributed by atoms with Gasteiger partial charge in [0, 0.05) is 25.2 Å². The van der Waals surface area contributed by atoms with Crippen molar-refractivity contribution in [2.24, 2.45) is 5.41 Å². The molecule has 3 aliphatic rings. The number of nitrogens with one attached hydrogen (secondary N) is 1. The van der Waals surface area contributed by atoms with E-state index in [4.69, 9.17) is 1.37 Å². The van der Waals surface area contributed by atoms with E-state index in [2.05, 4.69) is 11.9 Å². The number of hydrogen-bond acceptors (Lipinski definition) is 2. The van der Waals surface area contributed by atoms with Gasteiger partial charge < -0.3 is 10.2 Å². The van der Waals surface area contributed by atoms with Crippen molar-refractivity contribution < 1.29 is 11.0 Å². The number of carbonyl (C=O) groups excluding carboxylic acids is 2. The Bertz CT molecular complexity index is 745. The maximum Gasteiger partial charge on any atom is 0.232 e. The van der Waals surface area contributed by atoms with Crippen molar-refractivity contribution in [3.8, 4) is 0 Å². The summed E-state index contributed by atoms with van der Waals surface area (Å²) in [5.74, 6) is -0.0362. The Morgan fingerprint density at radius 3 is 3.13 bits per heavy atom. The van der Waals surface area contributed by atoms with Crippen molar-refractivity contribution in [2.75, 3.05) is 13.1 Å². The first kappa shape index (κ1) is 13.3. The van der Waals surface area contributed by atoms with Gasteiger partial charge in [0.1, 0.15) is 0 Å². The van der Waals surface area contributed by atoms with Crippen LogP contribution >= 0.6 is 0 Å². The van der Waals surface area contributed by atoms with E-state index in [-0.39, 0.29) is 17.7 Å². The molecular formula is C19H22N2O2. The fourth-order valence-electron chi connectivity index (χ4n) is 4.37. The summed E-state index contributed by atoms with van der Waals surface area (Å²) < 4.78 is 7.87. The molecule has 120 valence electrons. The van der Waals surface area contributed by atoms with E-state index in [0.717, 1.165) is 30.5 Å². The highest BCUT2D eigenvalue weighted by Gasteiger charge is 2.50. The van der Waals surface area contributed by atoms with Crippen LogP contribution in [0.3, 0.4) is 0 Å². The third-order valence-electron chi connectivity index (χ3n) is 5.59. The Morgan fingerprint density at radius 2 is 2.35 bits per heavy atom. The van der Waals surface area contributed by atoms with Gasteiger partial charge in [-0.1, -0.05) is 30.8 Å². The minimum absolute atomic E-state index is 0.0142. The standard InChI is InChI=1S/C19H22N2O2/c1-13-11-19(18(23)20-13)9-10-21(12-19)17(22)16-8-4-6-14-5-2-3-7-15(14)16/h2-3,5,7,16H,1,4,6,8-12H2,(H,20,23)/i3T. The molecule has 0 bridgehead atoms. The van der Waals surface area contributed by atoms with Gasteiger partial charge >= 0.3 is 0 Å². The van der Waals surface area contributed by atoms with Crippen LogP contribution in [-0.4, -0.2) is 29.8 Å². The van der Waals surface area contributed by atoms with Gasteiger partial charge in [0.2, 0.25) is 11.8 Å². The molecule has 1 spiro atoms. The van der Waals surface area contributed by atoms with Crippen LogP contribution in [0.25, 0.3) is 0 Å². The van der Waals surface area contributed by atoms with Gasteiger partial charge in [-0.05, 0) is 36.8 Å².